The summed E-state index contributed by atoms with van der Waals surface area (Å²) < 4.78 is 6.17. The van der Waals surface area contributed by atoms with Crippen LogP contribution in [0.25, 0.3) is 5.82 Å². The number of aryl methyl sites for hydroxylation is 5. The number of ether oxygens (including phenoxy) is 1. The zero-order chi connectivity index (χ0) is 29.4. The first-order valence-corrected chi connectivity index (χ1v) is 12.8. The van der Waals surface area contributed by atoms with Crippen LogP contribution < -0.4 is 0 Å². The van der Waals surface area contributed by atoms with E-state index in [1.807, 2.05) is 44.2 Å². The third-order valence-electron chi connectivity index (χ3n) is 6.14. The summed E-state index contributed by atoms with van der Waals surface area (Å²) in [7, 11) is 0. The number of esters is 1. The maximum absolute atomic E-state index is 10.2. The molecule has 2 heterocycles. The molecule has 214 valence electrons. The summed E-state index contributed by atoms with van der Waals surface area (Å²) >= 11 is 0. The molecular weight excluding hydrogens is 664 g/mol. The van der Waals surface area contributed by atoms with Crippen molar-refractivity contribution in [3.05, 3.63) is 112 Å². The van der Waals surface area contributed by atoms with Gasteiger partial charge in [0, 0.05) is 71.6 Å². The molecule has 0 N–H and O–H groups in total. The van der Waals surface area contributed by atoms with Gasteiger partial charge >= 0.3 is 0 Å². The van der Waals surface area contributed by atoms with E-state index in [1.54, 1.807) is 17.8 Å². The maximum atomic E-state index is 10.2. The molecule has 41 heavy (non-hydrogen) atoms. The number of benzene rings is 2. The standard InChI is InChI=1S/C10H10N3.2C9H11.C5H7O3.2Y/c1-8-7-12-13(9(8)2)10-5-3-4-6-11-10;2*1-7-5-4-6-8(2)9(7)3;1-2-8-5(7)3-4-6;;/h3-6H,1-2H3;2*4-5H,1-3H3;2-3H2,1H3;;/q4*-1;;. The van der Waals surface area contributed by atoms with Gasteiger partial charge in [0.15, 0.2) is 0 Å². The zero-order valence-corrected chi connectivity index (χ0v) is 31.4. The predicted molar refractivity (Wildman–Crippen MR) is 156 cm³/mol. The molecule has 8 heteroatoms. The second kappa shape index (κ2) is 22.7. The molecule has 0 saturated carbocycles. The van der Waals surface area contributed by atoms with Crippen molar-refractivity contribution in [3.8, 4) is 5.82 Å². The third kappa shape index (κ3) is 15.3. The van der Waals surface area contributed by atoms with E-state index in [0.29, 0.717) is 6.61 Å². The van der Waals surface area contributed by atoms with Gasteiger partial charge in [0.05, 0.1) is 6.61 Å². The van der Waals surface area contributed by atoms with Crippen LogP contribution in [0.3, 0.4) is 0 Å². The Morgan fingerprint density at radius 2 is 1.39 bits per heavy atom. The van der Waals surface area contributed by atoms with Crippen molar-refractivity contribution < 1.29 is 79.7 Å². The van der Waals surface area contributed by atoms with Gasteiger partial charge in [-0.15, -0.1) is 11.9 Å². The van der Waals surface area contributed by atoms with Crippen LogP contribution >= 0.6 is 0 Å². The molecule has 4 rings (SSSR count). The second-order valence-electron chi connectivity index (χ2n) is 8.87. The van der Waals surface area contributed by atoms with Crippen LogP contribution in [0, 0.1) is 73.7 Å². The van der Waals surface area contributed by atoms with Crippen LogP contribution in [0.2, 0.25) is 0 Å². The smallest absolute Gasteiger partial charge is 0.278 e. The molecule has 0 aliphatic rings. The van der Waals surface area contributed by atoms with Crippen molar-refractivity contribution >= 4 is 12.3 Å². The molecule has 0 bridgehead atoms. The minimum absolute atomic E-state index is 0. The van der Waals surface area contributed by atoms with E-state index in [2.05, 4.69) is 86.8 Å². The summed E-state index contributed by atoms with van der Waals surface area (Å²) in [5, 5.41) is 4.11. The molecule has 2 aromatic carbocycles. The Bertz CT molecular complexity index is 1230. The molecule has 0 saturated heterocycles. The first-order chi connectivity index (χ1) is 18.5. The minimum Gasteiger partial charge on any atom is -0.541 e. The quantitative estimate of drug-likeness (QED) is 0.137. The SMILES string of the molecule is CCOC(=O)C[C-]=O.Cc1[c-]ccc(C)c1C.Cc1[c-]ccc(C)c1C.Cc1[c-]nn(-c2ccccn2)c1C.[Y].[Y]. The van der Waals surface area contributed by atoms with E-state index < -0.39 is 5.97 Å². The molecule has 6 nitrogen and oxygen atoms in total. The Hall–Kier alpha value is -1.85. The van der Waals surface area contributed by atoms with Gasteiger partial charge in [-0.3, -0.25) is 16.2 Å². The largest absolute Gasteiger partial charge is 0.541 e. The van der Waals surface area contributed by atoms with Gasteiger partial charge in [0.25, 0.3) is 5.97 Å². The molecule has 0 atom stereocenters. The van der Waals surface area contributed by atoms with Gasteiger partial charge < -0.3 is 14.2 Å². The molecule has 0 aliphatic heterocycles. The van der Waals surface area contributed by atoms with Gasteiger partial charge in [-0.1, -0.05) is 67.9 Å². The van der Waals surface area contributed by atoms with Crippen LogP contribution in [0.1, 0.15) is 58.0 Å². The molecule has 2 radical (unpaired) electrons. The molecule has 0 fully saturated rings. The topological polar surface area (TPSA) is 74.1 Å². The van der Waals surface area contributed by atoms with Crippen molar-refractivity contribution in [2.45, 2.75) is 68.7 Å². The van der Waals surface area contributed by atoms with Gasteiger partial charge in [0.2, 0.25) is 0 Å². The summed E-state index contributed by atoms with van der Waals surface area (Å²) in [5.41, 5.74) is 10.1. The second-order valence-corrected chi connectivity index (χ2v) is 8.87. The van der Waals surface area contributed by atoms with Crippen LogP contribution in [0.15, 0.2) is 48.7 Å². The summed E-state index contributed by atoms with van der Waals surface area (Å²) in [6, 6.07) is 20.1. The summed E-state index contributed by atoms with van der Waals surface area (Å²) in [6.45, 7) is 18.7. The number of rotatable bonds is 4. The third-order valence-corrected chi connectivity index (χ3v) is 6.14. The van der Waals surface area contributed by atoms with Crippen LogP contribution in [0.4, 0.5) is 0 Å². The number of hydrogen-bond acceptors (Lipinski definition) is 5. The maximum Gasteiger partial charge on any atom is 0.278 e. The number of aromatic nitrogens is 3. The fourth-order valence-corrected chi connectivity index (χ4v) is 3.05. The van der Waals surface area contributed by atoms with E-state index in [4.69, 9.17) is 0 Å². The molecule has 2 aromatic heterocycles. The van der Waals surface area contributed by atoms with Crippen molar-refractivity contribution in [3.63, 3.8) is 0 Å². The van der Waals surface area contributed by atoms with Gasteiger partial charge in [-0.05, 0) is 19.1 Å². The Balaban J connectivity index is 0. The average molecular weight is 704 g/mol. The van der Waals surface area contributed by atoms with Crippen molar-refractivity contribution in [1.29, 1.82) is 0 Å². The van der Waals surface area contributed by atoms with Crippen LogP contribution in [0.5, 0.6) is 0 Å². The first kappa shape index (κ1) is 41.3. The van der Waals surface area contributed by atoms with Crippen molar-refractivity contribution in [2.24, 2.45) is 0 Å². The van der Waals surface area contributed by atoms with Crippen LogP contribution in [-0.4, -0.2) is 33.6 Å². The number of hydrogen-bond donors (Lipinski definition) is 0. The van der Waals surface area contributed by atoms with Gasteiger partial charge in [-0.25, -0.2) is 4.98 Å². The molecular formula is C33H39N3O3Y2-4. The van der Waals surface area contributed by atoms with E-state index >= 15 is 0 Å². The number of nitrogens with zero attached hydrogens (tertiary/aromatic N) is 3. The fraction of sp³-hybridized carbons (Fsp3) is 0.333. The normalized spacial score (nSPS) is 9.10. The van der Waals surface area contributed by atoms with Gasteiger partial charge in [0.1, 0.15) is 5.82 Å². The number of carbonyl (C=O) groups excluding carboxylic acids is 2. The average Bonchev–Trinajstić information content (AvgIpc) is 3.25. The molecule has 0 spiro atoms. The summed E-state index contributed by atoms with van der Waals surface area (Å²) in [4.78, 5) is 23.8. The Morgan fingerprint density at radius 3 is 1.73 bits per heavy atom. The van der Waals surface area contributed by atoms with E-state index in [0.717, 1.165) is 17.1 Å². The molecule has 0 amide bonds. The zero-order valence-electron chi connectivity index (χ0n) is 25.8. The molecule has 0 unspecified atom stereocenters. The van der Waals surface area contributed by atoms with E-state index in [1.165, 1.54) is 39.7 Å². The Morgan fingerprint density at radius 1 is 0.854 bits per heavy atom. The fourth-order valence-electron chi connectivity index (χ4n) is 3.05. The Kier molecular flexibility index (Phi) is 22.9. The summed E-state index contributed by atoms with van der Waals surface area (Å²) in [5.74, 6) is 0.326. The van der Waals surface area contributed by atoms with E-state index in [-0.39, 0.29) is 71.8 Å². The number of pyridine rings is 1. The number of carbonyl (C=O) groups is 1. The van der Waals surface area contributed by atoms with Crippen molar-refractivity contribution in [2.75, 3.05) is 6.61 Å². The summed E-state index contributed by atoms with van der Waals surface area (Å²) in [6.07, 6.45) is 5.84. The monoisotopic (exact) mass is 703 g/mol. The predicted octanol–water partition coefficient (Wildman–Crippen LogP) is 6.55. The van der Waals surface area contributed by atoms with Crippen LogP contribution in [-0.2, 0) is 79.7 Å². The first-order valence-electron chi connectivity index (χ1n) is 12.8. The van der Waals surface area contributed by atoms with E-state index in [9.17, 15) is 9.59 Å². The van der Waals surface area contributed by atoms with Gasteiger partial charge in [-0.2, -0.15) is 75.3 Å². The van der Waals surface area contributed by atoms with Crippen molar-refractivity contribution in [1.82, 2.24) is 14.8 Å². The minimum atomic E-state index is -0.512. The molecule has 0 aliphatic carbocycles. The Labute approximate surface area is 296 Å². The molecule has 4 aromatic rings.